The number of carboxylic acid groups (broad SMARTS) is 1. The molecule has 0 aliphatic carbocycles. The number of halogens is 4. The zero-order valence-corrected chi connectivity index (χ0v) is 20.6. The first-order valence-corrected chi connectivity index (χ1v) is 10.8. The van der Waals surface area contributed by atoms with Crippen LogP contribution in [0.1, 0.15) is 41.7 Å². The van der Waals surface area contributed by atoms with E-state index in [2.05, 4.69) is 47.1 Å². The van der Waals surface area contributed by atoms with Gasteiger partial charge in [0, 0.05) is 5.54 Å². The van der Waals surface area contributed by atoms with E-state index in [4.69, 9.17) is 22.6 Å². The van der Waals surface area contributed by atoms with E-state index in [1.807, 2.05) is 20.8 Å². The number of nitrogens with zero attached hydrogens (tertiary/aromatic N) is 2. The summed E-state index contributed by atoms with van der Waals surface area (Å²) < 4.78 is 57.1. The quantitative estimate of drug-likeness (QED) is 0.369. The fourth-order valence-corrected chi connectivity index (χ4v) is 2.55. The maximum Gasteiger partial charge on any atom is 0.394 e. The van der Waals surface area contributed by atoms with E-state index in [0.717, 1.165) is 18.5 Å². The van der Waals surface area contributed by atoms with Crippen LogP contribution >= 0.6 is 31.9 Å². The molecule has 180 valence electrons. The van der Waals surface area contributed by atoms with Crippen molar-refractivity contribution in [1.29, 1.82) is 0 Å². The number of rotatable bonds is 2. The third-order valence-electron chi connectivity index (χ3n) is 2.52. The molecular formula is C16H19Br2F2N3O8S. The van der Waals surface area contributed by atoms with Gasteiger partial charge in [-0.1, -0.05) is 0 Å². The molecule has 16 heteroatoms. The van der Waals surface area contributed by atoms with Gasteiger partial charge in [-0.2, -0.15) is 8.42 Å². The molecule has 1 amide bonds. The van der Waals surface area contributed by atoms with Gasteiger partial charge in [-0.15, -0.1) is 0 Å². The number of carboxylic acids is 1. The van der Waals surface area contributed by atoms with Gasteiger partial charge in [0.2, 0.25) is 0 Å². The van der Waals surface area contributed by atoms with Crippen molar-refractivity contribution in [3.05, 3.63) is 56.5 Å². The van der Waals surface area contributed by atoms with Crippen molar-refractivity contribution in [2.24, 2.45) is 0 Å². The second kappa shape index (κ2) is 13.4. The monoisotopic (exact) mass is 609 g/mol. The van der Waals surface area contributed by atoms with E-state index in [1.54, 1.807) is 0 Å². The average Bonchev–Trinajstić information content (AvgIpc) is 2.51. The number of aromatic carboxylic acids is 1. The molecule has 0 spiro atoms. The smallest absolute Gasteiger partial charge is 0.394 e. The topological polar surface area (TPSA) is 198 Å². The molecule has 0 aliphatic rings. The number of hydrogen-bond donors (Lipinski definition) is 4. The largest absolute Gasteiger partial charge is 0.476 e. The summed E-state index contributed by atoms with van der Waals surface area (Å²) in [5.41, 5.74) is -0.343. The summed E-state index contributed by atoms with van der Waals surface area (Å²) in [4.78, 5) is 29.1. The molecule has 2 aromatic heterocycles. The van der Waals surface area contributed by atoms with Gasteiger partial charge in [-0.25, -0.2) is 23.5 Å². The molecule has 11 nitrogen and oxygen atoms in total. The Morgan fingerprint density at radius 1 is 0.969 bits per heavy atom. The van der Waals surface area contributed by atoms with Gasteiger partial charge >= 0.3 is 16.4 Å². The zero-order chi connectivity index (χ0) is 24.6. The Morgan fingerprint density at radius 2 is 1.31 bits per heavy atom. The minimum atomic E-state index is -4.67. The fraction of sp³-hybridized carbons (Fsp3) is 0.250. The van der Waals surface area contributed by atoms with E-state index in [-0.39, 0.29) is 32.8 Å². The van der Waals surface area contributed by atoms with Crippen molar-refractivity contribution in [2.75, 3.05) is 0 Å². The van der Waals surface area contributed by atoms with Crippen LogP contribution in [0, 0.1) is 11.6 Å². The maximum atomic E-state index is 12.7. The summed E-state index contributed by atoms with van der Waals surface area (Å²) in [5, 5.41) is 11.2. The number of aromatic nitrogens is 2. The molecule has 0 atom stereocenters. The molecule has 0 fully saturated rings. The van der Waals surface area contributed by atoms with Gasteiger partial charge in [-0.3, -0.25) is 13.9 Å². The van der Waals surface area contributed by atoms with Crippen LogP contribution in [-0.2, 0) is 10.4 Å². The highest BCUT2D eigenvalue weighted by Gasteiger charge is 2.18. The number of hydrogen-bond acceptors (Lipinski definition) is 6. The molecule has 6 N–H and O–H groups in total. The Morgan fingerprint density at radius 3 is 1.59 bits per heavy atom. The van der Waals surface area contributed by atoms with Crippen LogP contribution in [0.3, 0.4) is 0 Å². The SMILES string of the molecule is CC(C)(C)NC(=O)c1ncc(F)cc1Br.O.O=C(O)c1ncc(F)cc1Br.O=S(=O)(O)O. The lowest BCUT2D eigenvalue weighted by atomic mass is 10.1. The first-order valence-electron chi connectivity index (χ1n) is 7.78. The maximum absolute atomic E-state index is 12.7. The summed E-state index contributed by atoms with van der Waals surface area (Å²) >= 11 is 5.96. The van der Waals surface area contributed by atoms with E-state index in [0.29, 0.717) is 4.47 Å². The first-order chi connectivity index (χ1) is 13.9. The molecule has 2 heterocycles. The Balaban J connectivity index is 0. The van der Waals surface area contributed by atoms with Crippen molar-refractivity contribution in [3.63, 3.8) is 0 Å². The molecule has 2 rings (SSSR count). The highest BCUT2D eigenvalue weighted by atomic mass is 79.9. The van der Waals surface area contributed by atoms with Gasteiger partial charge < -0.3 is 15.9 Å². The third-order valence-corrected chi connectivity index (χ3v) is 3.73. The molecule has 0 saturated carbocycles. The van der Waals surface area contributed by atoms with Gasteiger partial charge in [0.25, 0.3) is 5.91 Å². The van der Waals surface area contributed by atoms with Crippen molar-refractivity contribution in [1.82, 2.24) is 15.3 Å². The van der Waals surface area contributed by atoms with Gasteiger partial charge in [-0.05, 0) is 64.8 Å². The molecule has 0 bridgehead atoms. The molecule has 32 heavy (non-hydrogen) atoms. The first kappa shape index (κ1) is 32.1. The molecule has 0 saturated heterocycles. The van der Waals surface area contributed by atoms with E-state index in [1.165, 1.54) is 6.07 Å². The Labute approximate surface area is 198 Å². The number of pyridine rings is 2. The van der Waals surface area contributed by atoms with Crippen molar-refractivity contribution >= 4 is 54.1 Å². The summed E-state index contributed by atoms with van der Waals surface area (Å²) in [6.45, 7) is 5.59. The van der Waals surface area contributed by atoms with E-state index in [9.17, 15) is 18.4 Å². The minimum Gasteiger partial charge on any atom is -0.476 e. The summed E-state index contributed by atoms with van der Waals surface area (Å²) in [5.74, 6) is -2.55. The van der Waals surface area contributed by atoms with Crippen molar-refractivity contribution in [2.45, 2.75) is 26.3 Å². The predicted molar refractivity (Wildman–Crippen MR) is 116 cm³/mol. The lowest BCUT2D eigenvalue weighted by Gasteiger charge is -2.20. The molecular weight excluding hydrogens is 592 g/mol. The summed E-state index contributed by atoms with van der Waals surface area (Å²) in [6, 6.07) is 2.26. The minimum absolute atomic E-state index is 0. The van der Waals surface area contributed by atoms with E-state index < -0.39 is 28.0 Å². The Kier molecular flexibility index (Phi) is 13.5. The van der Waals surface area contributed by atoms with Crippen LogP contribution in [-0.4, -0.2) is 55.5 Å². The second-order valence-electron chi connectivity index (χ2n) is 6.43. The highest BCUT2D eigenvalue weighted by Crippen LogP contribution is 2.16. The highest BCUT2D eigenvalue weighted by molar-refractivity contribution is 9.10. The fourth-order valence-electron chi connectivity index (χ4n) is 1.55. The molecule has 0 aromatic carbocycles. The summed E-state index contributed by atoms with van der Waals surface area (Å²) in [6.07, 6.45) is 1.87. The van der Waals surface area contributed by atoms with Crippen LogP contribution in [0.5, 0.6) is 0 Å². The van der Waals surface area contributed by atoms with Crippen LogP contribution < -0.4 is 5.32 Å². The van der Waals surface area contributed by atoms with Gasteiger partial charge in [0.1, 0.15) is 17.3 Å². The lowest BCUT2D eigenvalue weighted by molar-refractivity contribution is 0.0688. The van der Waals surface area contributed by atoms with E-state index >= 15 is 0 Å². The van der Waals surface area contributed by atoms with Crippen molar-refractivity contribution < 1.29 is 46.5 Å². The van der Waals surface area contributed by atoms with Crippen molar-refractivity contribution in [3.8, 4) is 0 Å². The zero-order valence-electron chi connectivity index (χ0n) is 16.6. The molecule has 2 aromatic rings. The number of carbonyl (C=O) groups excluding carboxylic acids is 1. The second-order valence-corrected chi connectivity index (χ2v) is 9.03. The average molecular weight is 611 g/mol. The van der Waals surface area contributed by atoms with Crippen LogP contribution in [0.15, 0.2) is 33.5 Å². The number of nitrogens with one attached hydrogen (secondary N) is 1. The van der Waals surface area contributed by atoms with Crippen LogP contribution in [0.25, 0.3) is 0 Å². The number of carbonyl (C=O) groups is 2. The lowest BCUT2D eigenvalue weighted by Crippen LogP contribution is -2.41. The number of amides is 1. The van der Waals surface area contributed by atoms with Gasteiger partial charge in [0.15, 0.2) is 5.69 Å². The Bertz CT molecular complexity index is 1040. The molecule has 0 unspecified atom stereocenters. The molecule has 0 radical (unpaired) electrons. The Hall–Kier alpha value is -2.11. The standard InChI is InChI=1S/C10H12BrFN2O.C6H3BrFNO2.H2O4S.H2O/c1-10(2,3)14-9(15)8-7(11)4-6(12)5-13-8;7-4-1-3(8)2-9-5(4)6(10)11;1-5(2,3)4;/h4-5H,1-3H3,(H,14,15);1-2H,(H,10,11);(H2,1,2,3,4);1H2. The third kappa shape index (κ3) is 14.8. The normalized spacial score (nSPS) is 10.4. The van der Waals surface area contributed by atoms with Crippen LogP contribution in [0.4, 0.5) is 8.78 Å². The van der Waals surface area contributed by atoms with Gasteiger partial charge in [0.05, 0.1) is 21.3 Å². The summed E-state index contributed by atoms with van der Waals surface area (Å²) in [7, 11) is -4.67. The molecule has 0 aliphatic heterocycles. The predicted octanol–water partition coefficient (Wildman–Crippen LogP) is 2.72. The van der Waals surface area contributed by atoms with Crippen LogP contribution in [0.2, 0.25) is 0 Å².